The summed E-state index contributed by atoms with van der Waals surface area (Å²) in [5, 5.41) is 2.55. The van der Waals surface area contributed by atoms with Gasteiger partial charge in [-0.2, -0.15) is 0 Å². The average Bonchev–Trinajstić information content (AvgIpc) is 2.40. The molecule has 0 radical (unpaired) electrons. The number of ether oxygens (including phenoxy) is 2. The van der Waals surface area contributed by atoms with Crippen LogP contribution in [0.15, 0.2) is 36.5 Å². The Morgan fingerprint density at radius 2 is 1.24 bits per heavy atom. The number of hydrogen-bond donors (Lipinski definition) is 1. The van der Waals surface area contributed by atoms with E-state index in [4.69, 9.17) is 9.47 Å². The molecular weight excluding hydrogens is 274 g/mol. The van der Waals surface area contributed by atoms with Crippen LogP contribution in [0.4, 0.5) is 0 Å². The van der Waals surface area contributed by atoms with Crippen molar-refractivity contribution in [2.24, 2.45) is 0 Å². The van der Waals surface area contributed by atoms with Crippen molar-refractivity contribution in [1.82, 2.24) is 5.32 Å². The summed E-state index contributed by atoms with van der Waals surface area (Å²) in [5.74, 6) is -1.59. The average molecular weight is 295 g/mol. The second-order valence-corrected chi connectivity index (χ2v) is 4.71. The van der Waals surface area contributed by atoms with E-state index in [9.17, 15) is 14.4 Å². The Kier molecular flexibility index (Phi) is 7.75. The fourth-order valence-electron chi connectivity index (χ4n) is 1.04. The number of amides is 1. The Bertz CT molecular complexity index is 448. The molecule has 0 unspecified atom stereocenters. The third kappa shape index (κ3) is 7.71. The van der Waals surface area contributed by atoms with E-state index in [-0.39, 0.29) is 29.9 Å². The minimum absolute atomic E-state index is 0.145. The zero-order valence-electron chi connectivity index (χ0n) is 12.7. The third-order valence-corrected chi connectivity index (χ3v) is 2.25. The number of carbonyl (C=O) groups excluding carboxylic acids is 3. The zero-order valence-corrected chi connectivity index (χ0v) is 12.7. The molecule has 0 rings (SSSR count). The summed E-state index contributed by atoms with van der Waals surface area (Å²) in [6, 6.07) is -0.680. The highest BCUT2D eigenvalue weighted by atomic mass is 16.5. The quantitative estimate of drug-likeness (QED) is 0.539. The molecule has 0 aliphatic heterocycles. The molecule has 0 fully saturated rings. The van der Waals surface area contributed by atoms with Gasteiger partial charge < -0.3 is 14.8 Å². The molecule has 0 spiro atoms. The predicted octanol–water partition coefficient (Wildman–Crippen LogP) is 1.29. The number of esters is 2. The van der Waals surface area contributed by atoms with Gasteiger partial charge in [0.15, 0.2) is 0 Å². The standard InChI is InChI=1S/C15H21NO5/c1-9(2)13(17)16-12(7-20-14(18)10(3)4)8-21-15(19)11(5)6/h12H,1,3,5,7-8H2,2,4,6H3,(H,16,17). The summed E-state index contributed by atoms with van der Waals surface area (Å²) in [6.07, 6.45) is 0. The Morgan fingerprint density at radius 3 is 1.52 bits per heavy atom. The maximum absolute atomic E-state index is 11.6. The maximum atomic E-state index is 11.6. The molecule has 0 aromatic heterocycles. The lowest BCUT2D eigenvalue weighted by Crippen LogP contribution is -2.42. The largest absolute Gasteiger partial charge is 0.460 e. The van der Waals surface area contributed by atoms with Gasteiger partial charge in [0, 0.05) is 16.7 Å². The van der Waals surface area contributed by atoms with Crippen molar-refractivity contribution in [3.8, 4) is 0 Å². The van der Waals surface area contributed by atoms with E-state index in [1.807, 2.05) is 0 Å². The second-order valence-electron chi connectivity index (χ2n) is 4.71. The van der Waals surface area contributed by atoms with Crippen LogP contribution in [0.3, 0.4) is 0 Å². The first-order chi connectivity index (χ1) is 9.65. The molecule has 0 heterocycles. The van der Waals surface area contributed by atoms with E-state index in [2.05, 4.69) is 25.1 Å². The van der Waals surface area contributed by atoms with E-state index in [0.717, 1.165) is 0 Å². The van der Waals surface area contributed by atoms with Gasteiger partial charge in [-0.05, 0) is 20.8 Å². The molecule has 1 N–H and O–H groups in total. The van der Waals surface area contributed by atoms with Crippen molar-refractivity contribution in [2.75, 3.05) is 13.2 Å². The minimum Gasteiger partial charge on any atom is -0.460 e. The Morgan fingerprint density at radius 1 is 0.857 bits per heavy atom. The van der Waals surface area contributed by atoms with Crippen LogP contribution in [0.5, 0.6) is 0 Å². The van der Waals surface area contributed by atoms with Crippen LogP contribution in [-0.2, 0) is 23.9 Å². The van der Waals surface area contributed by atoms with Gasteiger partial charge >= 0.3 is 11.9 Å². The molecule has 0 aliphatic carbocycles. The van der Waals surface area contributed by atoms with Gasteiger partial charge in [0.1, 0.15) is 13.2 Å². The molecular formula is C15H21NO5. The number of carbonyl (C=O) groups is 3. The monoisotopic (exact) mass is 295 g/mol. The topological polar surface area (TPSA) is 81.7 Å². The van der Waals surface area contributed by atoms with Crippen LogP contribution >= 0.6 is 0 Å². The van der Waals surface area contributed by atoms with Crippen LogP contribution in [0.1, 0.15) is 20.8 Å². The molecule has 1 amide bonds. The fraction of sp³-hybridized carbons (Fsp3) is 0.400. The van der Waals surface area contributed by atoms with Crippen LogP contribution in [0, 0.1) is 0 Å². The second kappa shape index (κ2) is 8.73. The molecule has 6 heteroatoms. The van der Waals surface area contributed by atoms with Crippen LogP contribution in [0.25, 0.3) is 0 Å². The molecule has 0 aromatic carbocycles. The lowest BCUT2D eigenvalue weighted by atomic mass is 10.2. The van der Waals surface area contributed by atoms with E-state index >= 15 is 0 Å². The summed E-state index contributed by atoms with van der Waals surface area (Å²) in [4.78, 5) is 34.3. The summed E-state index contributed by atoms with van der Waals surface area (Å²) >= 11 is 0. The molecule has 6 nitrogen and oxygen atoms in total. The van der Waals surface area contributed by atoms with Gasteiger partial charge in [0.2, 0.25) is 5.91 Å². The number of rotatable bonds is 8. The highest BCUT2D eigenvalue weighted by molar-refractivity contribution is 5.92. The van der Waals surface area contributed by atoms with Gasteiger partial charge in [-0.3, -0.25) is 4.79 Å². The summed E-state index contributed by atoms with van der Waals surface area (Å²) < 4.78 is 9.88. The summed E-state index contributed by atoms with van der Waals surface area (Å²) in [7, 11) is 0. The maximum Gasteiger partial charge on any atom is 0.333 e. The molecule has 0 saturated carbocycles. The normalized spacial score (nSPS) is 9.71. The summed E-state index contributed by atoms with van der Waals surface area (Å²) in [5.41, 5.74) is 0.760. The Hall–Kier alpha value is -2.37. The Balaban J connectivity index is 4.61. The molecule has 0 saturated heterocycles. The van der Waals surface area contributed by atoms with Crippen molar-refractivity contribution >= 4 is 17.8 Å². The lowest BCUT2D eigenvalue weighted by molar-refractivity contribution is -0.144. The van der Waals surface area contributed by atoms with E-state index in [0.29, 0.717) is 0 Å². The van der Waals surface area contributed by atoms with E-state index in [1.54, 1.807) is 0 Å². The molecule has 0 aromatic rings. The van der Waals surface area contributed by atoms with E-state index < -0.39 is 23.9 Å². The fourth-order valence-corrected chi connectivity index (χ4v) is 1.04. The molecule has 116 valence electrons. The molecule has 0 atom stereocenters. The predicted molar refractivity (Wildman–Crippen MR) is 78.3 cm³/mol. The van der Waals surface area contributed by atoms with Crippen LogP contribution < -0.4 is 5.32 Å². The van der Waals surface area contributed by atoms with Gasteiger partial charge in [0.05, 0.1) is 6.04 Å². The SMILES string of the molecule is C=C(C)C(=O)NC(COC(=O)C(=C)C)COC(=O)C(=C)C. The first-order valence-electron chi connectivity index (χ1n) is 6.26. The van der Waals surface area contributed by atoms with Crippen LogP contribution in [0.2, 0.25) is 0 Å². The van der Waals surface area contributed by atoms with Crippen molar-refractivity contribution in [3.05, 3.63) is 36.5 Å². The van der Waals surface area contributed by atoms with Gasteiger partial charge in [-0.1, -0.05) is 19.7 Å². The molecule has 21 heavy (non-hydrogen) atoms. The minimum atomic E-state index is -0.680. The van der Waals surface area contributed by atoms with Crippen LogP contribution in [-0.4, -0.2) is 37.1 Å². The smallest absolute Gasteiger partial charge is 0.333 e. The van der Waals surface area contributed by atoms with Crippen molar-refractivity contribution in [3.63, 3.8) is 0 Å². The zero-order chi connectivity index (χ0) is 16.6. The van der Waals surface area contributed by atoms with Gasteiger partial charge in [-0.25, -0.2) is 9.59 Å². The van der Waals surface area contributed by atoms with Gasteiger partial charge in [0.25, 0.3) is 0 Å². The first kappa shape index (κ1) is 18.6. The summed E-state index contributed by atoms with van der Waals surface area (Å²) in [6.45, 7) is 14.6. The number of nitrogens with one attached hydrogen (secondary N) is 1. The van der Waals surface area contributed by atoms with Crippen molar-refractivity contribution in [2.45, 2.75) is 26.8 Å². The molecule has 0 aliphatic rings. The first-order valence-corrected chi connectivity index (χ1v) is 6.26. The Labute approximate surface area is 124 Å². The molecule has 0 bridgehead atoms. The van der Waals surface area contributed by atoms with Crippen molar-refractivity contribution < 1.29 is 23.9 Å². The van der Waals surface area contributed by atoms with Gasteiger partial charge in [-0.15, -0.1) is 0 Å². The highest BCUT2D eigenvalue weighted by Crippen LogP contribution is 1.99. The highest BCUT2D eigenvalue weighted by Gasteiger charge is 2.18. The number of hydrogen-bond acceptors (Lipinski definition) is 5. The lowest BCUT2D eigenvalue weighted by Gasteiger charge is -2.19. The third-order valence-electron chi connectivity index (χ3n) is 2.25. The van der Waals surface area contributed by atoms with E-state index in [1.165, 1.54) is 20.8 Å². The van der Waals surface area contributed by atoms with Crippen molar-refractivity contribution in [1.29, 1.82) is 0 Å².